The molecule has 0 radical (unpaired) electrons. The molecule has 2 unspecified atom stereocenters. The van der Waals surface area contributed by atoms with Crippen LogP contribution >= 0.6 is 0 Å². The van der Waals surface area contributed by atoms with Gasteiger partial charge >= 0.3 is 0 Å². The first-order valence-electron chi connectivity index (χ1n) is 7.64. The first-order valence-corrected chi connectivity index (χ1v) is 7.64. The lowest BCUT2D eigenvalue weighted by molar-refractivity contribution is 0.107. The number of hydrogen-bond donors (Lipinski definition) is 1. The third-order valence-corrected chi connectivity index (χ3v) is 4.67. The summed E-state index contributed by atoms with van der Waals surface area (Å²) in [7, 11) is 0. The van der Waals surface area contributed by atoms with Gasteiger partial charge in [0, 0.05) is 19.1 Å². The minimum absolute atomic E-state index is 0.569. The van der Waals surface area contributed by atoms with Gasteiger partial charge < -0.3 is 5.73 Å². The fraction of sp³-hybridized carbons (Fsp3) is 0.647. The van der Waals surface area contributed by atoms with Crippen molar-refractivity contribution in [3.8, 4) is 0 Å². The van der Waals surface area contributed by atoms with Crippen molar-refractivity contribution in [3.63, 3.8) is 0 Å². The molecule has 1 aromatic carbocycles. The van der Waals surface area contributed by atoms with Gasteiger partial charge in [-0.15, -0.1) is 0 Å². The van der Waals surface area contributed by atoms with Crippen LogP contribution in [0, 0.1) is 19.8 Å². The van der Waals surface area contributed by atoms with Crippen molar-refractivity contribution in [2.24, 2.45) is 11.7 Å². The van der Waals surface area contributed by atoms with Crippen molar-refractivity contribution in [2.45, 2.75) is 52.6 Å². The lowest BCUT2D eigenvalue weighted by Crippen LogP contribution is -2.46. The third-order valence-electron chi connectivity index (χ3n) is 4.67. The highest BCUT2D eigenvalue weighted by Gasteiger charge is 2.26. The predicted molar refractivity (Wildman–Crippen MR) is 82.2 cm³/mol. The maximum absolute atomic E-state index is 5.98. The molecule has 1 aliphatic heterocycles. The Bertz CT molecular complexity index is 414. The number of likely N-dealkylation sites (tertiary alicyclic amines) is 1. The zero-order valence-electron chi connectivity index (χ0n) is 12.7. The monoisotopic (exact) mass is 260 g/mol. The second-order valence-corrected chi connectivity index (χ2v) is 6.09. The van der Waals surface area contributed by atoms with E-state index in [1.54, 1.807) is 0 Å². The largest absolute Gasteiger partial charge is 0.329 e. The van der Waals surface area contributed by atoms with E-state index in [1.165, 1.54) is 42.5 Å². The SMILES string of the molecule is CCC1CCN(Cc2ccc(C)cc2C)C(CN)C1. The summed E-state index contributed by atoms with van der Waals surface area (Å²) in [5.41, 5.74) is 10.2. The molecule has 0 bridgehead atoms. The van der Waals surface area contributed by atoms with Gasteiger partial charge in [-0.1, -0.05) is 37.1 Å². The van der Waals surface area contributed by atoms with E-state index in [1.807, 2.05) is 0 Å². The summed E-state index contributed by atoms with van der Waals surface area (Å²) in [4.78, 5) is 2.59. The van der Waals surface area contributed by atoms with E-state index < -0.39 is 0 Å². The van der Waals surface area contributed by atoms with Gasteiger partial charge in [0.1, 0.15) is 0 Å². The smallest absolute Gasteiger partial charge is 0.0239 e. The highest BCUT2D eigenvalue weighted by Crippen LogP contribution is 2.26. The Morgan fingerprint density at radius 1 is 1.32 bits per heavy atom. The molecular formula is C17H28N2. The van der Waals surface area contributed by atoms with E-state index in [2.05, 4.69) is 43.9 Å². The zero-order chi connectivity index (χ0) is 13.8. The molecule has 1 aromatic rings. The maximum Gasteiger partial charge on any atom is 0.0239 e. The molecule has 0 amide bonds. The van der Waals surface area contributed by atoms with Crippen molar-refractivity contribution in [3.05, 3.63) is 34.9 Å². The van der Waals surface area contributed by atoms with E-state index in [4.69, 9.17) is 5.73 Å². The zero-order valence-corrected chi connectivity index (χ0v) is 12.7. The Morgan fingerprint density at radius 3 is 2.74 bits per heavy atom. The molecule has 2 rings (SSSR count). The second-order valence-electron chi connectivity index (χ2n) is 6.09. The van der Waals surface area contributed by atoms with Crippen LogP contribution < -0.4 is 5.73 Å². The van der Waals surface area contributed by atoms with Gasteiger partial charge in [0.2, 0.25) is 0 Å². The molecule has 0 spiro atoms. The summed E-state index contributed by atoms with van der Waals surface area (Å²) in [6, 6.07) is 7.35. The maximum atomic E-state index is 5.98. The Kier molecular flexibility index (Phi) is 5.00. The summed E-state index contributed by atoms with van der Waals surface area (Å²) < 4.78 is 0. The topological polar surface area (TPSA) is 29.3 Å². The molecule has 2 atom stereocenters. The van der Waals surface area contributed by atoms with Crippen molar-refractivity contribution >= 4 is 0 Å². The second kappa shape index (κ2) is 6.53. The summed E-state index contributed by atoms with van der Waals surface area (Å²) >= 11 is 0. The van der Waals surface area contributed by atoms with E-state index >= 15 is 0 Å². The van der Waals surface area contributed by atoms with Crippen LogP contribution in [0.1, 0.15) is 42.9 Å². The summed E-state index contributed by atoms with van der Waals surface area (Å²) in [6.45, 7) is 9.74. The molecule has 0 aromatic heterocycles. The molecule has 2 heteroatoms. The number of piperidine rings is 1. The first kappa shape index (κ1) is 14.5. The average Bonchev–Trinajstić information content (AvgIpc) is 2.42. The van der Waals surface area contributed by atoms with Gasteiger partial charge in [0.25, 0.3) is 0 Å². The van der Waals surface area contributed by atoms with Crippen LogP contribution in [-0.2, 0) is 6.54 Å². The lowest BCUT2D eigenvalue weighted by atomic mass is 9.88. The lowest BCUT2D eigenvalue weighted by Gasteiger charge is -2.39. The summed E-state index contributed by atoms with van der Waals surface area (Å²) in [5.74, 6) is 0.879. The van der Waals surface area contributed by atoms with Crippen molar-refractivity contribution in [1.29, 1.82) is 0 Å². The molecule has 2 N–H and O–H groups in total. The highest BCUT2D eigenvalue weighted by molar-refractivity contribution is 5.30. The number of hydrogen-bond acceptors (Lipinski definition) is 2. The number of aryl methyl sites for hydroxylation is 2. The molecule has 0 aliphatic carbocycles. The van der Waals surface area contributed by atoms with E-state index in [9.17, 15) is 0 Å². The minimum Gasteiger partial charge on any atom is -0.329 e. The fourth-order valence-electron chi connectivity index (χ4n) is 3.25. The Labute approximate surface area is 118 Å². The minimum atomic E-state index is 0.569. The van der Waals surface area contributed by atoms with Crippen molar-refractivity contribution < 1.29 is 0 Å². The molecule has 1 saturated heterocycles. The predicted octanol–water partition coefficient (Wildman–Crippen LogP) is 3.25. The van der Waals surface area contributed by atoms with Gasteiger partial charge in [-0.3, -0.25) is 4.90 Å². The van der Waals surface area contributed by atoms with Gasteiger partial charge in [0.15, 0.2) is 0 Å². The standard InChI is InChI=1S/C17H28N2/c1-4-15-7-8-19(17(10-15)11-18)12-16-6-5-13(2)9-14(16)3/h5-6,9,15,17H,4,7-8,10-12,18H2,1-3H3. The van der Waals surface area contributed by atoms with Crippen LogP contribution in [0.2, 0.25) is 0 Å². The van der Waals surface area contributed by atoms with Gasteiger partial charge in [-0.05, 0) is 50.3 Å². The summed E-state index contributed by atoms with van der Waals surface area (Å²) in [5, 5.41) is 0. The quantitative estimate of drug-likeness (QED) is 0.900. The normalized spacial score (nSPS) is 24.6. The number of rotatable bonds is 4. The molecule has 19 heavy (non-hydrogen) atoms. The molecule has 1 heterocycles. The van der Waals surface area contributed by atoms with Gasteiger partial charge in [0.05, 0.1) is 0 Å². The van der Waals surface area contributed by atoms with Crippen LogP contribution in [-0.4, -0.2) is 24.0 Å². The van der Waals surface area contributed by atoms with Crippen LogP contribution in [0.5, 0.6) is 0 Å². The summed E-state index contributed by atoms with van der Waals surface area (Å²) in [6.07, 6.45) is 3.91. The van der Waals surface area contributed by atoms with Crippen LogP contribution in [0.25, 0.3) is 0 Å². The molecule has 106 valence electrons. The molecule has 0 saturated carbocycles. The van der Waals surface area contributed by atoms with Gasteiger partial charge in [-0.25, -0.2) is 0 Å². The van der Waals surface area contributed by atoms with Gasteiger partial charge in [-0.2, -0.15) is 0 Å². The number of nitrogens with two attached hydrogens (primary N) is 1. The Hall–Kier alpha value is -0.860. The molecule has 1 aliphatic rings. The number of nitrogens with zero attached hydrogens (tertiary/aromatic N) is 1. The third kappa shape index (κ3) is 3.58. The van der Waals surface area contributed by atoms with Crippen LogP contribution in [0.4, 0.5) is 0 Å². The van der Waals surface area contributed by atoms with Crippen molar-refractivity contribution in [1.82, 2.24) is 4.90 Å². The number of benzene rings is 1. The van der Waals surface area contributed by atoms with Crippen LogP contribution in [0.3, 0.4) is 0 Å². The average molecular weight is 260 g/mol. The van der Waals surface area contributed by atoms with Crippen molar-refractivity contribution in [2.75, 3.05) is 13.1 Å². The highest BCUT2D eigenvalue weighted by atomic mass is 15.2. The molecular weight excluding hydrogens is 232 g/mol. The van der Waals surface area contributed by atoms with E-state index in [0.717, 1.165) is 19.0 Å². The first-order chi connectivity index (χ1) is 9.13. The van der Waals surface area contributed by atoms with E-state index in [0.29, 0.717) is 6.04 Å². The van der Waals surface area contributed by atoms with Crippen LogP contribution in [0.15, 0.2) is 18.2 Å². The Morgan fingerprint density at radius 2 is 2.11 bits per heavy atom. The Balaban J connectivity index is 2.05. The fourth-order valence-corrected chi connectivity index (χ4v) is 3.25. The van der Waals surface area contributed by atoms with E-state index in [-0.39, 0.29) is 0 Å². The molecule has 1 fully saturated rings. The molecule has 2 nitrogen and oxygen atoms in total.